The number of nitrogens with zero attached hydrogens (tertiary/aromatic N) is 2. The number of nitrogens with one attached hydrogen (secondary N) is 1. The Labute approximate surface area is 176 Å². The molecular weight excluding hydrogens is 453 g/mol. The fourth-order valence-corrected chi connectivity index (χ4v) is 3.60. The summed E-state index contributed by atoms with van der Waals surface area (Å²) in [5.74, 6) is -0.623. The average Bonchev–Trinajstić information content (AvgIpc) is 3.05. The van der Waals surface area contributed by atoms with Crippen LogP contribution >= 0.6 is 34.8 Å². The molecule has 0 radical (unpaired) electrons. The van der Waals surface area contributed by atoms with E-state index in [0.29, 0.717) is 16.3 Å². The molecule has 0 spiro atoms. The third kappa shape index (κ3) is 3.77. The van der Waals surface area contributed by atoms with Gasteiger partial charge in [-0.3, -0.25) is 4.98 Å². The summed E-state index contributed by atoms with van der Waals surface area (Å²) in [6.07, 6.45) is -3.19. The predicted molar refractivity (Wildman–Crippen MR) is 105 cm³/mol. The quantitative estimate of drug-likeness (QED) is 0.316. The van der Waals surface area contributed by atoms with Crippen LogP contribution in [0.4, 0.5) is 17.6 Å². The zero-order valence-corrected chi connectivity index (χ0v) is 16.3. The van der Waals surface area contributed by atoms with Crippen LogP contribution in [0.25, 0.3) is 33.7 Å². The van der Waals surface area contributed by atoms with Crippen LogP contribution < -0.4 is 0 Å². The van der Waals surface area contributed by atoms with Gasteiger partial charge in [0.2, 0.25) is 0 Å². The number of fused-ring (bicyclic) bond motifs is 1. The van der Waals surface area contributed by atoms with Crippen LogP contribution in [0.15, 0.2) is 42.6 Å². The van der Waals surface area contributed by atoms with Crippen molar-refractivity contribution in [2.45, 2.75) is 6.18 Å². The van der Waals surface area contributed by atoms with Gasteiger partial charge in [0.05, 0.1) is 37.4 Å². The van der Waals surface area contributed by atoms with E-state index < -0.39 is 17.6 Å². The van der Waals surface area contributed by atoms with Crippen molar-refractivity contribution in [3.8, 4) is 22.6 Å². The number of alkyl halides is 3. The first-order valence-corrected chi connectivity index (χ1v) is 9.14. The molecule has 2 aromatic heterocycles. The fourth-order valence-electron chi connectivity index (χ4n) is 2.85. The van der Waals surface area contributed by atoms with Gasteiger partial charge in [-0.2, -0.15) is 13.2 Å². The molecule has 1 N–H and O–H groups in total. The van der Waals surface area contributed by atoms with Crippen molar-refractivity contribution in [2.75, 3.05) is 0 Å². The molecule has 4 aromatic rings. The molecule has 2 aromatic carbocycles. The van der Waals surface area contributed by atoms with E-state index in [1.165, 1.54) is 24.4 Å². The number of H-pyrrole nitrogens is 1. The number of rotatable bonds is 2. The molecule has 4 rings (SSSR count). The maximum Gasteiger partial charge on any atom is 0.416 e. The molecule has 0 aliphatic carbocycles. The van der Waals surface area contributed by atoms with E-state index in [4.69, 9.17) is 34.8 Å². The van der Waals surface area contributed by atoms with Crippen molar-refractivity contribution in [3.05, 3.63) is 69.0 Å². The summed E-state index contributed by atoms with van der Waals surface area (Å²) in [6.45, 7) is 0. The smallest absolute Gasteiger partial charge is 0.338 e. The highest BCUT2D eigenvalue weighted by Crippen LogP contribution is 2.36. The maximum absolute atomic E-state index is 14.8. The molecule has 0 atom stereocenters. The highest BCUT2D eigenvalue weighted by Gasteiger charge is 2.32. The Hall–Kier alpha value is -2.35. The third-order valence-electron chi connectivity index (χ3n) is 4.17. The average molecular weight is 461 g/mol. The van der Waals surface area contributed by atoms with Gasteiger partial charge in [0, 0.05) is 11.8 Å². The molecule has 0 fully saturated rings. The molecule has 3 nitrogen and oxygen atoms in total. The molecule has 2 heterocycles. The van der Waals surface area contributed by atoms with Crippen molar-refractivity contribution in [1.29, 1.82) is 0 Å². The first-order valence-electron chi connectivity index (χ1n) is 8.01. The van der Waals surface area contributed by atoms with Gasteiger partial charge >= 0.3 is 6.18 Å². The topological polar surface area (TPSA) is 41.6 Å². The van der Waals surface area contributed by atoms with Gasteiger partial charge in [0.25, 0.3) is 0 Å². The molecule has 148 valence electrons. The van der Waals surface area contributed by atoms with E-state index in [0.717, 1.165) is 12.1 Å². The lowest BCUT2D eigenvalue weighted by atomic mass is 10.1. The van der Waals surface area contributed by atoms with Crippen molar-refractivity contribution in [2.24, 2.45) is 0 Å². The number of hydrogen-bond acceptors (Lipinski definition) is 2. The van der Waals surface area contributed by atoms with E-state index >= 15 is 0 Å². The summed E-state index contributed by atoms with van der Waals surface area (Å²) in [7, 11) is 0. The van der Waals surface area contributed by atoms with E-state index in [9.17, 15) is 17.6 Å². The van der Waals surface area contributed by atoms with Gasteiger partial charge in [0.1, 0.15) is 17.2 Å². The summed E-state index contributed by atoms with van der Waals surface area (Å²) < 4.78 is 53.7. The third-order valence-corrected chi connectivity index (χ3v) is 4.96. The Kier molecular flexibility index (Phi) is 4.93. The number of imidazole rings is 1. The number of aromatic amines is 1. The molecule has 29 heavy (non-hydrogen) atoms. The van der Waals surface area contributed by atoms with Crippen LogP contribution in [0.5, 0.6) is 0 Å². The Balaban J connectivity index is 1.79. The van der Waals surface area contributed by atoms with E-state index in [2.05, 4.69) is 15.0 Å². The fraction of sp³-hybridized carbons (Fsp3) is 0.0526. The number of benzene rings is 2. The van der Waals surface area contributed by atoms with Gasteiger partial charge < -0.3 is 4.98 Å². The van der Waals surface area contributed by atoms with E-state index in [1.54, 1.807) is 6.07 Å². The number of halogens is 7. The van der Waals surface area contributed by atoms with Gasteiger partial charge in [0.15, 0.2) is 0 Å². The largest absolute Gasteiger partial charge is 0.416 e. The highest BCUT2D eigenvalue weighted by molar-refractivity contribution is 6.36. The van der Waals surface area contributed by atoms with Gasteiger partial charge in [-0.25, -0.2) is 9.37 Å². The zero-order chi connectivity index (χ0) is 20.9. The van der Waals surface area contributed by atoms with Crippen LogP contribution in [0, 0.1) is 5.82 Å². The Morgan fingerprint density at radius 3 is 2.34 bits per heavy atom. The summed E-state index contributed by atoms with van der Waals surface area (Å²) in [4.78, 5) is 10.9. The van der Waals surface area contributed by atoms with Crippen LogP contribution in [0.3, 0.4) is 0 Å². The first kappa shape index (κ1) is 19.9. The number of aromatic nitrogens is 3. The van der Waals surface area contributed by atoms with Crippen molar-refractivity contribution < 1.29 is 17.6 Å². The molecule has 0 amide bonds. The molecule has 0 aliphatic rings. The molecular formula is C19H8Cl3F4N3. The van der Waals surface area contributed by atoms with Crippen LogP contribution in [-0.4, -0.2) is 15.0 Å². The second-order valence-corrected chi connectivity index (χ2v) is 7.37. The minimum absolute atomic E-state index is 0.0421. The molecule has 0 saturated carbocycles. The van der Waals surface area contributed by atoms with Crippen molar-refractivity contribution >= 4 is 45.8 Å². The molecule has 10 heteroatoms. The minimum Gasteiger partial charge on any atom is -0.338 e. The van der Waals surface area contributed by atoms with Crippen molar-refractivity contribution in [3.63, 3.8) is 0 Å². The Morgan fingerprint density at radius 1 is 0.931 bits per heavy atom. The van der Waals surface area contributed by atoms with Crippen molar-refractivity contribution in [1.82, 2.24) is 15.0 Å². The highest BCUT2D eigenvalue weighted by atomic mass is 35.5. The van der Waals surface area contributed by atoms with E-state index in [-0.39, 0.29) is 32.5 Å². The molecule has 0 aliphatic heterocycles. The predicted octanol–water partition coefficient (Wildman–Crippen LogP) is 7.41. The van der Waals surface area contributed by atoms with Crippen LogP contribution in [0.1, 0.15) is 5.56 Å². The molecule has 0 saturated heterocycles. The SMILES string of the molecule is Fc1cc(-c2ncc(Cl)cc2Cl)ccc1-c1nc2c(Cl)cc(C(F)(F)F)cc2[nH]1. The molecule has 0 unspecified atom stereocenters. The summed E-state index contributed by atoms with van der Waals surface area (Å²) in [5, 5.41) is 0.402. The lowest BCUT2D eigenvalue weighted by molar-refractivity contribution is -0.137. The Bertz CT molecular complexity index is 1250. The Morgan fingerprint density at radius 2 is 1.69 bits per heavy atom. The first-order chi connectivity index (χ1) is 13.6. The maximum atomic E-state index is 14.8. The normalized spacial score (nSPS) is 12.0. The standard InChI is InChI=1S/C19H8Cl3F4N3/c20-10-6-13(22)16(27-7-10)8-1-2-11(14(23)3-8)18-28-15-5-9(19(24,25)26)4-12(21)17(15)29-18/h1-7H,(H,28,29). The second-order valence-electron chi connectivity index (χ2n) is 6.12. The summed E-state index contributed by atoms with van der Waals surface area (Å²) >= 11 is 17.9. The monoisotopic (exact) mass is 459 g/mol. The van der Waals surface area contributed by atoms with E-state index in [1.807, 2.05) is 0 Å². The number of pyridine rings is 1. The summed E-state index contributed by atoms with van der Waals surface area (Å²) in [5.41, 5.74) is 0.0285. The van der Waals surface area contributed by atoms with Crippen LogP contribution in [0.2, 0.25) is 15.1 Å². The van der Waals surface area contributed by atoms with Gasteiger partial charge in [-0.1, -0.05) is 40.9 Å². The number of hydrogen-bond donors (Lipinski definition) is 1. The van der Waals surface area contributed by atoms with Gasteiger partial charge in [-0.05, 0) is 30.3 Å². The zero-order valence-electron chi connectivity index (χ0n) is 14.1. The second kappa shape index (κ2) is 7.16. The summed E-state index contributed by atoms with van der Waals surface area (Å²) in [6, 6.07) is 7.33. The molecule has 0 bridgehead atoms. The lowest BCUT2D eigenvalue weighted by Crippen LogP contribution is -2.04. The minimum atomic E-state index is -4.57. The lowest BCUT2D eigenvalue weighted by Gasteiger charge is -2.06. The van der Waals surface area contributed by atoms with Gasteiger partial charge in [-0.15, -0.1) is 0 Å². The van der Waals surface area contributed by atoms with Crippen LogP contribution in [-0.2, 0) is 6.18 Å².